The summed E-state index contributed by atoms with van der Waals surface area (Å²) in [4.78, 5) is 40.8. The molecule has 0 aliphatic carbocycles. The lowest BCUT2D eigenvalue weighted by Gasteiger charge is -2.20. The minimum atomic E-state index is -0.909. The zero-order valence-electron chi connectivity index (χ0n) is 14.6. The topological polar surface area (TPSA) is 102 Å². The Balaban J connectivity index is 1.81. The van der Waals surface area contributed by atoms with Gasteiger partial charge in [-0.3, -0.25) is 14.4 Å². The molecule has 28 heavy (non-hydrogen) atoms. The Morgan fingerprint density at radius 3 is 2.57 bits per heavy atom. The number of rotatable bonds is 4. The molecule has 0 radical (unpaired) electrons. The number of thioether (sulfide) groups is 1. The summed E-state index contributed by atoms with van der Waals surface area (Å²) in [5.74, 6) is -2.61. The Morgan fingerprint density at radius 1 is 1.21 bits per heavy atom. The van der Waals surface area contributed by atoms with Gasteiger partial charge < -0.3 is 11.1 Å². The van der Waals surface area contributed by atoms with Crippen molar-refractivity contribution in [1.29, 1.82) is 0 Å². The molecule has 0 bridgehead atoms. The van der Waals surface area contributed by atoms with Crippen molar-refractivity contribution in [2.75, 3.05) is 0 Å². The van der Waals surface area contributed by atoms with Gasteiger partial charge in [-0.1, -0.05) is 53.2 Å². The normalized spacial score (nSPS) is 17.2. The maximum Gasteiger partial charge on any atom is 0.262 e. The van der Waals surface area contributed by atoms with Gasteiger partial charge in [0.05, 0.1) is 16.5 Å². The van der Waals surface area contributed by atoms with Crippen molar-refractivity contribution in [3.05, 3.63) is 69.2 Å². The van der Waals surface area contributed by atoms with Gasteiger partial charge in [0.15, 0.2) is 5.17 Å². The second-order valence-corrected chi connectivity index (χ2v) is 8.08. The van der Waals surface area contributed by atoms with E-state index in [2.05, 4.69) is 10.3 Å². The number of nitrogens with zero attached hydrogens (tertiary/aromatic N) is 1. The predicted molar refractivity (Wildman–Crippen MR) is 111 cm³/mol. The first-order chi connectivity index (χ1) is 13.3. The lowest BCUT2D eigenvalue weighted by atomic mass is 9.91. The van der Waals surface area contributed by atoms with E-state index >= 15 is 0 Å². The molecule has 0 saturated carbocycles. The summed E-state index contributed by atoms with van der Waals surface area (Å²) < 4.78 is 0. The summed E-state index contributed by atoms with van der Waals surface area (Å²) >= 11 is 13.0. The number of benzene rings is 2. The van der Waals surface area contributed by atoms with Gasteiger partial charge in [-0.25, -0.2) is 0 Å². The Morgan fingerprint density at radius 2 is 1.93 bits per heavy atom. The van der Waals surface area contributed by atoms with E-state index in [0.29, 0.717) is 10.6 Å². The molecule has 0 saturated heterocycles. The first-order valence-electron chi connectivity index (χ1n) is 8.18. The van der Waals surface area contributed by atoms with Crippen molar-refractivity contribution in [1.82, 2.24) is 5.32 Å². The van der Waals surface area contributed by atoms with Gasteiger partial charge in [0.25, 0.3) is 11.8 Å². The highest BCUT2D eigenvalue weighted by molar-refractivity contribution is 8.15. The first kappa shape index (κ1) is 20.4. The van der Waals surface area contributed by atoms with Gasteiger partial charge in [-0.2, -0.15) is 4.99 Å². The zero-order chi connectivity index (χ0) is 20.4. The third-order valence-electron chi connectivity index (χ3n) is 4.21. The maximum atomic E-state index is 12.4. The van der Waals surface area contributed by atoms with Crippen LogP contribution in [0.2, 0.25) is 10.0 Å². The number of primary amides is 1. The lowest BCUT2D eigenvalue weighted by Crippen LogP contribution is -2.34. The van der Waals surface area contributed by atoms with Crippen molar-refractivity contribution in [3.8, 4) is 0 Å². The first-order valence-corrected chi connectivity index (χ1v) is 9.82. The van der Waals surface area contributed by atoms with Crippen LogP contribution in [0.5, 0.6) is 0 Å². The van der Waals surface area contributed by atoms with E-state index in [1.165, 1.54) is 0 Å². The van der Waals surface area contributed by atoms with Crippen molar-refractivity contribution in [2.24, 2.45) is 10.7 Å². The van der Waals surface area contributed by atoms with Crippen LogP contribution in [0.25, 0.3) is 0 Å². The SMILES string of the molecule is Cc1cc(Cl)ccc1C(C(N)=O)C1SC(NC(=O)c2ccccc2Cl)=NC1=O. The fraction of sp³-hybridized carbons (Fsp3) is 0.158. The standard InChI is InChI=1S/C19H15Cl2N3O3S/c1-9-8-10(20)6-7-11(9)14(16(22)25)15-18(27)24-19(28-15)23-17(26)12-4-2-3-5-13(12)21/h2-8,14-15H,1H3,(H2,22,25)(H,23,24,26,27). The highest BCUT2D eigenvalue weighted by Crippen LogP contribution is 2.36. The molecule has 0 aromatic heterocycles. The number of amidine groups is 1. The monoisotopic (exact) mass is 435 g/mol. The Hall–Kier alpha value is -2.35. The summed E-state index contributed by atoms with van der Waals surface area (Å²) in [6.07, 6.45) is 0. The average Bonchev–Trinajstić information content (AvgIpc) is 2.97. The maximum absolute atomic E-state index is 12.4. The average molecular weight is 436 g/mol. The molecule has 9 heteroatoms. The molecule has 1 heterocycles. The Labute approximate surface area is 175 Å². The summed E-state index contributed by atoms with van der Waals surface area (Å²) in [7, 11) is 0. The number of nitrogens with two attached hydrogens (primary N) is 1. The number of carbonyl (C=O) groups excluding carboxylic acids is 3. The summed E-state index contributed by atoms with van der Waals surface area (Å²) in [5.41, 5.74) is 7.16. The smallest absolute Gasteiger partial charge is 0.262 e. The fourth-order valence-corrected chi connectivity index (χ4v) is 4.45. The predicted octanol–water partition coefficient (Wildman–Crippen LogP) is 3.30. The van der Waals surface area contributed by atoms with E-state index in [-0.39, 0.29) is 15.8 Å². The molecule has 1 aliphatic rings. The van der Waals surface area contributed by atoms with Crippen LogP contribution in [0.3, 0.4) is 0 Å². The van der Waals surface area contributed by atoms with Crippen molar-refractivity contribution in [2.45, 2.75) is 18.1 Å². The molecular formula is C19H15Cl2N3O3S. The molecule has 0 spiro atoms. The lowest BCUT2D eigenvalue weighted by molar-refractivity contribution is -0.123. The number of aliphatic imine (C=N–C) groups is 1. The number of hydrogen-bond donors (Lipinski definition) is 2. The third kappa shape index (κ3) is 4.22. The minimum absolute atomic E-state index is 0.0952. The van der Waals surface area contributed by atoms with Crippen LogP contribution in [0, 0.1) is 6.92 Å². The number of amides is 3. The molecule has 0 fully saturated rings. The quantitative estimate of drug-likeness (QED) is 0.768. The second kappa shape index (κ2) is 8.34. The van der Waals surface area contributed by atoms with Crippen LogP contribution < -0.4 is 11.1 Å². The van der Waals surface area contributed by atoms with E-state index in [1.54, 1.807) is 49.4 Å². The van der Waals surface area contributed by atoms with Crippen LogP contribution in [-0.2, 0) is 9.59 Å². The zero-order valence-corrected chi connectivity index (χ0v) is 16.9. The van der Waals surface area contributed by atoms with E-state index in [0.717, 1.165) is 17.3 Å². The van der Waals surface area contributed by atoms with Gasteiger partial charge in [0.1, 0.15) is 5.25 Å². The van der Waals surface area contributed by atoms with Gasteiger partial charge >= 0.3 is 0 Å². The molecule has 144 valence electrons. The molecule has 2 unspecified atom stereocenters. The van der Waals surface area contributed by atoms with Crippen molar-refractivity contribution < 1.29 is 14.4 Å². The number of halogens is 2. The Kier molecular flexibility index (Phi) is 6.07. The van der Waals surface area contributed by atoms with E-state index in [1.807, 2.05) is 0 Å². The van der Waals surface area contributed by atoms with Crippen LogP contribution in [-0.4, -0.2) is 28.1 Å². The van der Waals surface area contributed by atoms with E-state index in [4.69, 9.17) is 28.9 Å². The molecule has 2 aromatic carbocycles. The number of hydrogen-bond acceptors (Lipinski definition) is 4. The number of aryl methyl sites for hydroxylation is 1. The molecule has 3 amide bonds. The van der Waals surface area contributed by atoms with Gasteiger partial charge in [0, 0.05) is 5.02 Å². The molecule has 6 nitrogen and oxygen atoms in total. The van der Waals surface area contributed by atoms with E-state index in [9.17, 15) is 14.4 Å². The van der Waals surface area contributed by atoms with Gasteiger partial charge in [-0.15, -0.1) is 0 Å². The van der Waals surface area contributed by atoms with Crippen LogP contribution in [0.1, 0.15) is 27.4 Å². The summed E-state index contributed by atoms with van der Waals surface area (Å²) in [6.45, 7) is 1.78. The van der Waals surface area contributed by atoms with Gasteiger partial charge in [-0.05, 0) is 42.3 Å². The van der Waals surface area contributed by atoms with Gasteiger partial charge in [0.2, 0.25) is 5.91 Å². The number of nitrogens with one attached hydrogen (secondary N) is 1. The van der Waals surface area contributed by atoms with Crippen LogP contribution >= 0.6 is 35.0 Å². The molecule has 2 aromatic rings. The van der Waals surface area contributed by atoms with Crippen molar-refractivity contribution in [3.63, 3.8) is 0 Å². The number of carbonyl (C=O) groups is 3. The largest absolute Gasteiger partial charge is 0.369 e. The fourth-order valence-electron chi connectivity index (χ4n) is 2.89. The molecular weight excluding hydrogens is 421 g/mol. The highest BCUT2D eigenvalue weighted by atomic mass is 35.5. The Bertz CT molecular complexity index is 1010. The van der Waals surface area contributed by atoms with Crippen LogP contribution in [0.15, 0.2) is 47.5 Å². The van der Waals surface area contributed by atoms with Crippen molar-refractivity contribution >= 4 is 57.9 Å². The third-order valence-corrected chi connectivity index (χ3v) is 5.92. The summed E-state index contributed by atoms with van der Waals surface area (Å²) in [5, 5.41) is 2.57. The second-order valence-electron chi connectivity index (χ2n) is 6.11. The molecule has 1 aliphatic heterocycles. The molecule has 3 N–H and O–H groups in total. The minimum Gasteiger partial charge on any atom is -0.369 e. The van der Waals surface area contributed by atoms with E-state index < -0.39 is 28.9 Å². The summed E-state index contributed by atoms with van der Waals surface area (Å²) in [6, 6.07) is 11.5. The molecule has 3 rings (SSSR count). The molecule has 2 atom stereocenters. The highest BCUT2D eigenvalue weighted by Gasteiger charge is 2.40. The van der Waals surface area contributed by atoms with Crippen LogP contribution in [0.4, 0.5) is 0 Å².